The number of nitrogens with zero attached hydrogens (tertiary/aromatic N) is 1. The number of hydrogen-bond acceptors (Lipinski definition) is 3. The summed E-state index contributed by atoms with van der Waals surface area (Å²) in [5.41, 5.74) is 1.82. The number of nitrogens with one attached hydrogen (secondary N) is 1. The summed E-state index contributed by atoms with van der Waals surface area (Å²) in [5.74, 6) is 0.818. The lowest BCUT2D eigenvalue weighted by molar-refractivity contribution is 0.329. The van der Waals surface area contributed by atoms with Crippen LogP contribution in [0.4, 0.5) is 5.69 Å². The van der Waals surface area contributed by atoms with E-state index >= 15 is 0 Å². The number of aromatic nitrogens is 1. The zero-order valence-electron chi connectivity index (χ0n) is 10.2. The molecule has 2 rings (SSSR count). The number of ether oxygens (including phenoxy) is 1. The van der Waals surface area contributed by atoms with Crippen LogP contribution in [0, 0.1) is 6.92 Å². The van der Waals surface area contributed by atoms with Crippen molar-refractivity contribution in [3.8, 4) is 5.75 Å². The van der Waals surface area contributed by atoms with Crippen LogP contribution in [-0.2, 0) is 0 Å². The summed E-state index contributed by atoms with van der Waals surface area (Å²) in [6, 6.07) is 11.4. The van der Waals surface area contributed by atoms with Gasteiger partial charge in [-0.25, -0.2) is 0 Å². The van der Waals surface area contributed by atoms with E-state index < -0.39 is 0 Å². The molecule has 0 aliphatic heterocycles. The fraction of sp³-hybridized carbons (Fsp3) is 0.214. The number of pyridine rings is 1. The lowest BCUT2D eigenvalue weighted by atomic mass is 10.3. The smallest absolute Gasteiger partial charge is 0.140 e. The summed E-state index contributed by atoms with van der Waals surface area (Å²) in [5, 5.41) is 3.94. The average Bonchev–Trinajstić information content (AvgIpc) is 2.38. The maximum atomic E-state index is 6.03. The Labute approximate surface area is 112 Å². The minimum atomic E-state index is 0.567. The number of rotatable bonds is 5. The number of halogens is 1. The van der Waals surface area contributed by atoms with E-state index in [9.17, 15) is 0 Å². The molecule has 0 aliphatic carbocycles. The van der Waals surface area contributed by atoms with Gasteiger partial charge in [-0.05, 0) is 31.2 Å². The first-order chi connectivity index (χ1) is 8.77. The summed E-state index contributed by atoms with van der Waals surface area (Å²) >= 11 is 6.03. The fourth-order valence-electron chi connectivity index (χ4n) is 1.57. The highest BCUT2D eigenvalue weighted by atomic mass is 35.5. The van der Waals surface area contributed by atoms with Crippen LogP contribution in [0.5, 0.6) is 5.75 Å². The van der Waals surface area contributed by atoms with Crippen LogP contribution in [0.15, 0.2) is 42.6 Å². The van der Waals surface area contributed by atoms with Crippen LogP contribution in [0.2, 0.25) is 5.02 Å². The van der Waals surface area contributed by atoms with Crippen molar-refractivity contribution in [3.63, 3.8) is 0 Å². The standard InChI is InChI=1S/C14H15ClN2O/c1-11-14(7-4-8-16-11)18-10-9-17-13-6-3-2-5-12(13)15/h2-8,17H,9-10H2,1H3. The highest BCUT2D eigenvalue weighted by Gasteiger charge is 2.00. The van der Waals surface area contributed by atoms with Gasteiger partial charge in [0.1, 0.15) is 12.4 Å². The van der Waals surface area contributed by atoms with Crippen molar-refractivity contribution in [1.82, 2.24) is 4.98 Å². The molecule has 0 unspecified atom stereocenters. The molecule has 0 amide bonds. The Bertz CT molecular complexity index is 469. The van der Waals surface area contributed by atoms with E-state index in [4.69, 9.17) is 16.3 Å². The third kappa shape index (κ3) is 3.37. The molecule has 2 aromatic rings. The largest absolute Gasteiger partial charge is 0.490 e. The molecule has 0 saturated heterocycles. The van der Waals surface area contributed by atoms with E-state index in [0.717, 1.165) is 22.2 Å². The van der Waals surface area contributed by atoms with Crippen molar-refractivity contribution in [2.75, 3.05) is 18.5 Å². The molecule has 1 N–H and O–H groups in total. The van der Waals surface area contributed by atoms with Gasteiger partial charge in [0, 0.05) is 12.7 Å². The van der Waals surface area contributed by atoms with Crippen LogP contribution < -0.4 is 10.1 Å². The number of hydrogen-bond donors (Lipinski definition) is 1. The topological polar surface area (TPSA) is 34.1 Å². The van der Waals surface area contributed by atoms with Crippen molar-refractivity contribution < 1.29 is 4.74 Å². The quantitative estimate of drug-likeness (QED) is 0.837. The minimum absolute atomic E-state index is 0.567. The monoisotopic (exact) mass is 262 g/mol. The van der Waals surface area contributed by atoms with Crippen LogP contribution in [-0.4, -0.2) is 18.1 Å². The molecule has 1 aromatic carbocycles. The third-order valence-corrected chi connectivity index (χ3v) is 2.84. The molecule has 1 aromatic heterocycles. The second-order valence-corrected chi connectivity index (χ2v) is 4.25. The zero-order chi connectivity index (χ0) is 12.8. The van der Waals surface area contributed by atoms with Crippen molar-refractivity contribution in [1.29, 1.82) is 0 Å². The van der Waals surface area contributed by atoms with E-state index in [-0.39, 0.29) is 0 Å². The molecular formula is C14H15ClN2O. The molecule has 0 fully saturated rings. The molecule has 1 heterocycles. The Kier molecular flexibility index (Phi) is 4.42. The molecule has 0 saturated carbocycles. The van der Waals surface area contributed by atoms with Crippen LogP contribution in [0.3, 0.4) is 0 Å². The maximum absolute atomic E-state index is 6.03. The SMILES string of the molecule is Cc1ncccc1OCCNc1ccccc1Cl. The van der Waals surface area contributed by atoms with Gasteiger partial charge >= 0.3 is 0 Å². The summed E-state index contributed by atoms with van der Waals surface area (Å²) in [6.07, 6.45) is 1.75. The number of aryl methyl sites for hydroxylation is 1. The number of benzene rings is 1. The molecule has 4 heteroatoms. The lowest BCUT2D eigenvalue weighted by Crippen LogP contribution is -2.12. The van der Waals surface area contributed by atoms with Crippen LogP contribution >= 0.6 is 11.6 Å². The first-order valence-corrected chi connectivity index (χ1v) is 6.18. The normalized spacial score (nSPS) is 10.1. The first-order valence-electron chi connectivity index (χ1n) is 5.80. The predicted octanol–water partition coefficient (Wildman–Crippen LogP) is 3.53. The molecule has 94 valence electrons. The van der Waals surface area contributed by atoms with Crippen molar-refractivity contribution >= 4 is 17.3 Å². The number of anilines is 1. The van der Waals surface area contributed by atoms with E-state index in [1.165, 1.54) is 0 Å². The summed E-state index contributed by atoms with van der Waals surface area (Å²) in [4.78, 5) is 4.16. The first kappa shape index (κ1) is 12.7. The minimum Gasteiger partial charge on any atom is -0.490 e. The Balaban J connectivity index is 1.80. The van der Waals surface area contributed by atoms with E-state index in [0.29, 0.717) is 13.2 Å². The van der Waals surface area contributed by atoms with Gasteiger partial charge in [0.15, 0.2) is 0 Å². The highest BCUT2D eigenvalue weighted by molar-refractivity contribution is 6.33. The van der Waals surface area contributed by atoms with Gasteiger partial charge in [-0.2, -0.15) is 0 Å². The molecule has 0 bridgehead atoms. The van der Waals surface area contributed by atoms with Gasteiger partial charge < -0.3 is 10.1 Å². The summed E-state index contributed by atoms with van der Waals surface area (Å²) in [6.45, 7) is 3.19. The maximum Gasteiger partial charge on any atom is 0.140 e. The highest BCUT2D eigenvalue weighted by Crippen LogP contribution is 2.20. The third-order valence-electron chi connectivity index (χ3n) is 2.51. The second-order valence-electron chi connectivity index (χ2n) is 3.84. The number of para-hydroxylation sites is 1. The average molecular weight is 263 g/mol. The van der Waals surface area contributed by atoms with Gasteiger partial charge in [0.2, 0.25) is 0 Å². The molecule has 0 atom stereocenters. The Morgan fingerprint density at radius 1 is 1.22 bits per heavy atom. The van der Waals surface area contributed by atoms with Gasteiger partial charge in [-0.1, -0.05) is 23.7 Å². The van der Waals surface area contributed by atoms with E-state index in [1.54, 1.807) is 6.20 Å². The van der Waals surface area contributed by atoms with Crippen molar-refractivity contribution in [2.24, 2.45) is 0 Å². The fourth-order valence-corrected chi connectivity index (χ4v) is 1.78. The van der Waals surface area contributed by atoms with Gasteiger partial charge in [0.05, 0.1) is 16.4 Å². The molecule has 0 aliphatic rings. The van der Waals surface area contributed by atoms with Crippen molar-refractivity contribution in [2.45, 2.75) is 6.92 Å². The Hall–Kier alpha value is -1.74. The molecular weight excluding hydrogens is 248 g/mol. The van der Waals surface area contributed by atoms with Gasteiger partial charge in [-0.3, -0.25) is 4.98 Å². The van der Waals surface area contributed by atoms with E-state index in [1.807, 2.05) is 43.3 Å². The molecule has 0 spiro atoms. The lowest BCUT2D eigenvalue weighted by Gasteiger charge is -2.10. The predicted molar refractivity (Wildman–Crippen MR) is 74.4 cm³/mol. The van der Waals surface area contributed by atoms with Gasteiger partial charge in [0.25, 0.3) is 0 Å². The van der Waals surface area contributed by atoms with Crippen LogP contribution in [0.1, 0.15) is 5.69 Å². The van der Waals surface area contributed by atoms with E-state index in [2.05, 4.69) is 10.3 Å². The van der Waals surface area contributed by atoms with Crippen LogP contribution in [0.25, 0.3) is 0 Å². The Morgan fingerprint density at radius 3 is 2.83 bits per heavy atom. The Morgan fingerprint density at radius 2 is 2.06 bits per heavy atom. The second kappa shape index (κ2) is 6.26. The molecule has 0 radical (unpaired) electrons. The molecule has 3 nitrogen and oxygen atoms in total. The van der Waals surface area contributed by atoms with Gasteiger partial charge in [-0.15, -0.1) is 0 Å². The molecule has 18 heavy (non-hydrogen) atoms. The summed E-state index contributed by atoms with van der Waals surface area (Å²) in [7, 11) is 0. The van der Waals surface area contributed by atoms with Crippen molar-refractivity contribution in [3.05, 3.63) is 53.3 Å². The summed E-state index contributed by atoms with van der Waals surface area (Å²) < 4.78 is 5.63. The zero-order valence-corrected chi connectivity index (χ0v) is 10.9.